The molecule has 0 aliphatic heterocycles. The Morgan fingerprint density at radius 2 is 1.50 bits per heavy atom. The van der Waals surface area contributed by atoms with Crippen LogP contribution in [0.3, 0.4) is 0 Å². The highest BCUT2D eigenvalue weighted by atomic mass is 16.6. The monoisotopic (exact) mass is 366 g/mol. The average Bonchev–Trinajstić information content (AvgIpc) is 2.65. The van der Waals surface area contributed by atoms with E-state index in [4.69, 9.17) is 29.2 Å². The van der Waals surface area contributed by atoms with Gasteiger partial charge in [0.25, 0.3) is 0 Å². The van der Waals surface area contributed by atoms with E-state index in [1.54, 1.807) is 6.07 Å². The van der Waals surface area contributed by atoms with Crippen LogP contribution in [0.15, 0.2) is 37.4 Å². The smallest absolute Gasteiger partial charge is 0.335 e. The Morgan fingerprint density at radius 1 is 0.923 bits per heavy atom. The second kappa shape index (κ2) is 11.9. The quantitative estimate of drug-likeness (QED) is 0.243. The molecule has 8 heteroatoms. The molecule has 0 radical (unpaired) electrons. The first-order chi connectivity index (χ1) is 12.6. The number of esters is 2. The highest BCUT2D eigenvalue weighted by Gasteiger charge is 2.20. The Kier molecular flexibility index (Phi) is 9.88. The first kappa shape index (κ1) is 21.5. The zero-order chi connectivity index (χ0) is 19.4. The largest absolute Gasteiger partial charge is 0.423 e. The standard InChI is InChI=1S/C18H22O8/c1-3-16(21)25-15-6-5-13(11-23-9-7-19)18(26-17(22)4-2)14(15)12-24-10-8-20/h3-6,19-20H,1-2,7-12H2. The van der Waals surface area contributed by atoms with Crippen LogP contribution in [0.4, 0.5) is 0 Å². The van der Waals surface area contributed by atoms with E-state index >= 15 is 0 Å². The maximum absolute atomic E-state index is 11.7. The highest BCUT2D eigenvalue weighted by molar-refractivity contribution is 5.85. The second-order valence-electron chi connectivity index (χ2n) is 4.83. The first-order valence-electron chi connectivity index (χ1n) is 7.77. The number of ether oxygens (including phenoxy) is 4. The first-order valence-corrected chi connectivity index (χ1v) is 7.77. The normalized spacial score (nSPS) is 10.2. The highest BCUT2D eigenvalue weighted by Crippen LogP contribution is 2.34. The molecule has 0 aromatic heterocycles. The number of hydrogen-bond donors (Lipinski definition) is 2. The fraction of sp³-hybridized carbons (Fsp3) is 0.333. The number of carbonyl (C=O) groups is 2. The Bertz CT molecular complexity index is 638. The summed E-state index contributed by atoms with van der Waals surface area (Å²) in [6.45, 7) is 6.40. The zero-order valence-corrected chi connectivity index (χ0v) is 14.3. The van der Waals surface area contributed by atoms with Crippen LogP contribution in [0.5, 0.6) is 11.5 Å². The van der Waals surface area contributed by atoms with Crippen LogP contribution in [-0.4, -0.2) is 48.6 Å². The lowest BCUT2D eigenvalue weighted by Crippen LogP contribution is -2.13. The molecule has 0 saturated heterocycles. The molecule has 0 aliphatic carbocycles. The third-order valence-corrected chi connectivity index (χ3v) is 3.02. The molecule has 0 fully saturated rings. The number of carbonyl (C=O) groups excluding carboxylic acids is 2. The van der Waals surface area contributed by atoms with Crippen molar-refractivity contribution in [2.75, 3.05) is 26.4 Å². The minimum Gasteiger partial charge on any atom is -0.423 e. The van der Waals surface area contributed by atoms with Gasteiger partial charge < -0.3 is 29.2 Å². The average molecular weight is 366 g/mol. The van der Waals surface area contributed by atoms with Gasteiger partial charge in [0, 0.05) is 17.7 Å². The summed E-state index contributed by atoms with van der Waals surface area (Å²) in [4.78, 5) is 23.3. The van der Waals surface area contributed by atoms with E-state index in [0.29, 0.717) is 5.56 Å². The van der Waals surface area contributed by atoms with Crippen molar-refractivity contribution in [3.8, 4) is 11.5 Å². The SMILES string of the molecule is C=CC(=O)Oc1ccc(COCCO)c(OC(=O)C=C)c1COCCO. The lowest BCUT2D eigenvalue weighted by atomic mass is 10.1. The Balaban J connectivity index is 3.30. The summed E-state index contributed by atoms with van der Waals surface area (Å²) in [5, 5.41) is 17.7. The second-order valence-corrected chi connectivity index (χ2v) is 4.83. The molecule has 0 spiro atoms. The lowest BCUT2D eigenvalue weighted by Gasteiger charge is -2.17. The van der Waals surface area contributed by atoms with Crippen LogP contribution in [-0.2, 0) is 32.3 Å². The van der Waals surface area contributed by atoms with Crippen LogP contribution in [0, 0.1) is 0 Å². The van der Waals surface area contributed by atoms with Crippen LogP contribution in [0.25, 0.3) is 0 Å². The van der Waals surface area contributed by atoms with E-state index in [9.17, 15) is 9.59 Å². The molecule has 0 aliphatic rings. The van der Waals surface area contributed by atoms with Gasteiger partial charge in [0.1, 0.15) is 11.5 Å². The molecule has 0 atom stereocenters. The maximum Gasteiger partial charge on any atom is 0.335 e. The van der Waals surface area contributed by atoms with Gasteiger partial charge >= 0.3 is 11.9 Å². The van der Waals surface area contributed by atoms with Gasteiger partial charge in [-0.05, 0) is 12.1 Å². The molecule has 1 rings (SSSR count). The van der Waals surface area contributed by atoms with Gasteiger partial charge in [0.15, 0.2) is 0 Å². The van der Waals surface area contributed by atoms with Crippen molar-refractivity contribution in [1.82, 2.24) is 0 Å². The van der Waals surface area contributed by atoms with Crippen molar-refractivity contribution < 1.29 is 38.7 Å². The minimum atomic E-state index is -0.719. The fourth-order valence-corrected chi connectivity index (χ4v) is 1.91. The predicted molar refractivity (Wildman–Crippen MR) is 91.6 cm³/mol. The van der Waals surface area contributed by atoms with E-state index in [-0.39, 0.29) is 56.7 Å². The zero-order valence-electron chi connectivity index (χ0n) is 14.3. The van der Waals surface area contributed by atoms with Gasteiger partial charge in [-0.1, -0.05) is 13.2 Å². The summed E-state index contributed by atoms with van der Waals surface area (Å²) in [6, 6.07) is 3.06. The van der Waals surface area contributed by atoms with Gasteiger partial charge in [-0.2, -0.15) is 0 Å². The summed E-state index contributed by atoms with van der Waals surface area (Å²) >= 11 is 0. The minimum absolute atomic E-state index is 0.0366. The number of hydrogen-bond acceptors (Lipinski definition) is 8. The predicted octanol–water partition coefficient (Wildman–Crippen LogP) is 0.887. The number of rotatable bonds is 12. The molecule has 8 nitrogen and oxygen atoms in total. The molecule has 0 heterocycles. The van der Waals surface area contributed by atoms with Crippen molar-refractivity contribution in [2.24, 2.45) is 0 Å². The van der Waals surface area contributed by atoms with E-state index in [0.717, 1.165) is 12.2 Å². The molecule has 2 N–H and O–H groups in total. The molecule has 26 heavy (non-hydrogen) atoms. The van der Waals surface area contributed by atoms with E-state index in [2.05, 4.69) is 13.2 Å². The van der Waals surface area contributed by atoms with Gasteiger partial charge in [-0.3, -0.25) is 0 Å². The lowest BCUT2D eigenvalue weighted by molar-refractivity contribution is -0.129. The third kappa shape index (κ3) is 6.77. The van der Waals surface area contributed by atoms with Crippen LogP contribution in [0.1, 0.15) is 11.1 Å². The summed E-state index contributed by atoms with van der Waals surface area (Å²) < 4.78 is 21.0. The van der Waals surface area contributed by atoms with Gasteiger partial charge in [0.2, 0.25) is 0 Å². The number of aliphatic hydroxyl groups is 2. The van der Waals surface area contributed by atoms with Crippen LogP contribution >= 0.6 is 0 Å². The molecule has 0 saturated carbocycles. The fourth-order valence-electron chi connectivity index (χ4n) is 1.91. The molecule has 142 valence electrons. The molecular weight excluding hydrogens is 344 g/mol. The molecular formula is C18H22O8. The Labute approximate surface area is 151 Å². The van der Waals surface area contributed by atoms with E-state index in [1.165, 1.54) is 6.07 Å². The van der Waals surface area contributed by atoms with Gasteiger partial charge in [-0.25, -0.2) is 9.59 Å². The summed E-state index contributed by atoms with van der Waals surface area (Å²) in [5.41, 5.74) is 0.767. The van der Waals surface area contributed by atoms with Crippen molar-refractivity contribution in [1.29, 1.82) is 0 Å². The Morgan fingerprint density at radius 3 is 2.08 bits per heavy atom. The van der Waals surface area contributed by atoms with Gasteiger partial charge in [0.05, 0.1) is 45.2 Å². The van der Waals surface area contributed by atoms with Crippen molar-refractivity contribution in [2.45, 2.75) is 13.2 Å². The van der Waals surface area contributed by atoms with Crippen molar-refractivity contribution in [3.63, 3.8) is 0 Å². The third-order valence-electron chi connectivity index (χ3n) is 3.02. The molecule has 0 unspecified atom stereocenters. The molecule has 0 bridgehead atoms. The summed E-state index contributed by atoms with van der Waals surface area (Å²) in [6.07, 6.45) is 1.98. The summed E-state index contributed by atoms with van der Waals surface area (Å²) in [7, 11) is 0. The maximum atomic E-state index is 11.7. The molecule has 1 aromatic rings. The topological polar surface area (TPSA) is 112 Å². The molecule has 0 amide bonds. The summed E-state index contributed by atoms with van der Waals surface area (Å²) in [5.74, 6) is -1.20. The number of aliphatic hydroxyl groups excluding tert-OH is 2. The van der Waals surface area contributed by atoms with Crippen molar-refractivity contribution in [3.05, 3.63) is 48.6 Å². The van der Waals surface area contributed by atoms with E-state index in [1.807, 2.05) is 0 Å². The van der Waals surface area contributed by atoms with E-state index < -0.39 is 11.9 Å². The van der Waals surface area contributed by atoms with Crippen LogP contribution < -0.4 is 9.47 Å². The van der Waals surface area contributed by atoms with Gasteiger partial charge in [-0.15, -0.1) is 0 Å². The van der Waals surface area contributed by atoms with Crippen LogP contribution in [0.2, 0.25) is 0 Å². The molecule has 1 aromatic carbocycles. The van der Waals surface area contributed by atoms with Crippen molar-refractivity contribution >= 4 is 11.9 Å². The number of benzene rings is 1. The Hall–Kier alpha value is -2.52.